The highest BCUT2D eigenvalue weighted by molar-refractivity contribution is 5.63. The van der Waals surface area contributed by atoms with E-state index in [9.17, 15) is 4.39 Å². The quantitative estimate of drug-likeness (QED) is 0.668. The van der Waals surface area contributed by atoms with Gasteiger partial charge in [0.2, 0.25) is 0 Å². The molecular weight excluding hydrogens is 177 g/mol. The molecule has 0 fully saturated rings. The molecule has 0 N–H and O–H groups in total. The van der Waals surface area contributed by atoms with Crippen molar-refractivity contribution in [3.05, 3.63) is 54.0 Å². The van der Waals surface area contributed by atoms with Crippen molar-refractivity contribution < 1.29 is 4.39 Å². The average Bonchev–Trinajstić information content (AvgIpc) is 2.23. The molecule has 0 aliphatic carbocycles. The van der Waals surface area contributed by atoms with Crippen LogP contribution in [0.15, 0.2) is 42.6 Å². The minimum Gasteiger partial charge on any atom is -0.256 e. The van der Waals surface area contributed by atoms with E-state index in [0.717, 1.165) is 16.8 Å². The third-order valence-corrected chi connectivity index (χ3v) is 2.14. The molecule has 2 heteroatoms. The van der Waals surface area contributed by atoms with Crippen molar-refractivity contribution in [2.45, 2.75) is 6.92 Å². The molecule has 14 heavy (non-hydrogen) atoms. The van der Waals surface area contributed by atoms with Crippen LogP contribution >= 0.6 is 0 Å². The van der Waals surface area contributed by atoms with E-state index in [1.54, 1.807) is 12.3 Å². The van der Waals surface area contributed by atoms with E-state index in [4.69, 9.17) is 0 Å². The van der Waals surface area contributed by atoms with Gasteiger partial charge in [-0.3, -0.25) is 4.98 Å². The van der Waals surface area contributed by atoms with E-state index in [0.29, 0.717) is 0 Å². The van der Waals surface area contributed by atoms with Gasteiger partial charge in [0.1, 0.15) is 5.82 Å². The molecule has 0 amide bonds. The van der Waals surface area contributed by atoms with E-state index >= 15 is 0 Å². The number of pyridine rings is 1. The van der Waals surface area contributed by atoms with Gasteiger partial charge in [-0.1, -0.05) is 12.1 Å². The number of aromatic nitrogens is 1. The highest BCUT2D eigenvalue weighted by Gasteiger charge is 2.03. The number of hydrogen-bond acceptors (Lipinski definition) is 1. The minimum atomic E-state index is -0.226. The summed E-state index contributed by atoms with van der Waals surface area (Å²) in [7, 11) is 0. The lowest BCUT2D eigenvalue weighted by molar-refractivity contribution is 0.628. The Bertz CT molecular complexity index is 437. The lowest BCUT2D eigenvalue weighted by Crippen LogP contribution is -1.87. The Morgan fingerprint density at radius 2 is 2.00 bits per heavy atom. The molecular formula is C12H10FN. The van der Waals surface area contributed by atoms with Crippen molar-refractivity contribution in [2.75, 3.05) is 0 Å². The molecule has 0 atom stereocenters. The predicted octanol–water partition coefficient (Wildman–Crippen LogP) is 3.20. The number of aryl methyl sites for hydroxylation is 1. The average molecular weight is 187 g/mol. The summed E-state index contributed by atoms with van der Waals surface area (Å²) in [5, 5.41) is 0. The van der Waals surface area contributed by atoms with Crippen LogP contribution in [0.25, 0.3) is 11.3 Å². The maximum absolute atomic E-state index is 13.0. The third-order valence-electron chi connectivity index (χ3n) is 2.14. The normalized spacial score (nSPS) is 10.1. The molecule has 1 heterocycles. The van der Waals surface area contributed by atoms with Crippen LogP contribution in [0, 0.1) is 12.7 Å². The summed E-state index contributed by atoms with van der Waals surface area (Å²) < 4.78 is 13.0. The zero-order valence-corrected chi connectivity index (χ0v) is 7.87. The molecule has 1 aromatic heterocycles. The number of benzene rings is 1. The van der Waals surface area contributed by atoms with Gasteiger partial charge in [0.15, 0.2) is 0 Å². The zero-order chi connectivity index (χ0) is 9.97. The fourth-order valence-corrected chi connectivity index (χ4v) is 1.39. The number of halogens is 1. The first-order valence-electron chi connectivity index (χ1n) is 4.45. The summed E-state index contributed by atoms with van der Waals surface area (Å²) in [6.45, 7) is 1.95. The molecule has 0 spiro atoms. The topological polar surface area (TPSA) is 12.9 Å². The maximum Gasteiger partial charge on any atom is 0.123 e. The van der Waals surface area contributed by atoms with Gasteiger partial charge >= 0.3 is 0 Å². The van der Waals surface area contributed by atoms with Crippen molar-refractivity contribution in [3.63, 3.8) is 0 Å². The highest BCUT2D eigenvalue weighted by atomic mass is 19.1. The van der Waals surface area contributed by atoms with Crippen molar-refractivity contribution in [1.82, 2.24) is 4.98 Å². The van der Waals surface area contributed by atoms with E-state index in [-0.39, 0.29) is 5.82 Å². The van der Waals surface area contributed by atoms with E-state index in [1.807, 2.05) is 25.1 Å². The highest BCUT2D eigenvalue weighted by Crippen LogP contribution is 2.21. The summed E-state index contributed by atoms with van der Waals surface area (Å²) in [6, 6.07) is 10.4. The van der Waals surface area contributed by atoms with Crippen LogP contribution in [0.1, 0.15) is 5.56 Å². The Balaban J connectivity index is 2.57. The van der Waals surface area contributed by atoms with Crippen molar-refractivity contribution in [2.24, 2.45) is 0 Å². The Labute approximate surface area is 82.2 Å². The molecule has 2 rings (SSSR count). The van der Waals surface area contributed by atoms with Crippen LogP contribution in [0.5, 0.6) is 0 Å². The Kier molecular flexibility index (Phi) is 2.27. The van der Waals surface area contributed by atoms with Gasteiger partial charge in [-0.25, -0.2) is 4.39 Å². The Morgan fingerprint density at radius 1 is 1.14 bits per heavy atom. The minimum absolute atomic E-state index is 0.226. The fourth-order valence-electron chi connectivity index (χ4n) is 1.39. The standard InChI is InChI=1S/C12H10FN/c1-9-5-6-10(13)8-11(9)12-4-2-3-7-14-12/h2-8H,1H3. The van der Waals surface area contributed by atoms with Gasteiger partial charge in [0, 0.05) is 11.8 Å². The zero-order valence-electron chi connectivity index (χ0n) is 7.87. The van der Waals surface area contributed by atoms with Crippen molar-refractivity contribution in [3.8, 4) is 11.3 Å². The van der Waals surface area contributed by atoms with Gasteiger partial charge in [0.25, 0.3) is 0 Å². The first-order chi connectivity index (χ1) is 6.77. The number of rotatable bonds is 1. The fraction of sp³-hybridized carbons (Fsp3) is 0.0833. The van der Waals surface area contributed by atoms with Gasteiger partial charge in [-0.2, -0.15) is 0 Å². The molecule has 0 radical (unpaired) electrons. The van der Waals surface area contributed by atoms with Gasteiger partial charge < -0.3 is 0 Å². The first-order valence-corrected chi connectivity index (χ1v) is 4.45. The summed E-state index contributed by atoms with van der Waals surface area (Å²) in [6.07, 6.45) is 1.71. The molecule has 0 saturated carbocycles. The number of hydrogen-bond donors (Lipinski definition) is 0. The first kappa shape index (κ1) is 8.88. The van der Waals surface area contributed by atoms with E-state index in [1.165, 1.54) is 12.1 Å². The molecule has 1 nitrogen and oxygen atoms in total. The molecule has 0 saturated heterocycles. The molecule has 1 aromatic carbocycles. The van der Waals surface area contributed by atoms with Gasteiger partial charge in [-0.15, -0.1) is 0 Å². The van der Waals surface area contributed by atoms with Crippen LogP contribution in [-0.2, 0) is 0 Å². The molecule has 0 unspecified atom stereocenters. The van der Waals surface area contributed by atoms with Crippen LogP contribution in [0.3, 0.4) is 0 Å². The Morgan fingerprint density at radius 3 is 2.71 bits per heavy atom. The molecule has 0 aliphatic rings. The van der Waals surface area contributed by atoms with Crippen LogP contribution in [-0.4, -0.2) is 4.98 Å². The van der Waals surface area contributed by atoms with Crippen LogP contribution in [0.4, 0.5) is 4.39 Å². The Hall–Kier alpha value is -1.70. The second-order valence-corrected chi connectivity index (χ2v) is 3.17. The monoisotopic (exact) mass is 187 g/mol. The smallest absolute Gasteiger partial charge is 0.123 e. The summed E-state index contributed by atoms with van der Waals surface area (Å²) in [5.41, 5.74) is 2.69. The predicted molar refractivity (Wildman–Crippen MR) is 54.4 cm³/mol. The summed E-state index contributed by atoms with van der Waals surface area (Å²) in [5.74, 6) is -0.226. The molecule has 0 bridgehead atoms. The van der Waals surface area contributed by atoms with Gasteiger partial charge in [0.05, 0.1) is 5.69 Å². The second-order valence-electron chi connectivity index (χ2n) is 3.17. The molecule has 70 valence electrons. The lowest BCUT2D eigenvalue weighted by Gasteiger charge is -2.04. The SMILES string of the molecule is Cc1ccc(F)cc1-c1ccccn1. The van der Waals surface area contributed by atoms with Gasteiger partial charge in [-0.05, 0) is 36.8 Å². The molecule has 2 aromatic rings. The molecule has 0 aliphatic heterocycles. The van der Waals surface area contributed by atoms with Crippen LogP contribution < -0.4 is 0 Å². The lowest BCUT2D eigenvalue weighted by atomic mass is 10.1. The maximum atomic E-state index is 13.0. The summed E-state index contributed by atoms with van der Waals surface area (Å²) in [4.78, 5) is 4.18. The van der Waals surface area contributed by atoms with E-state index in [2.05, 4.69) is 4.98 Å². The second kappa shape index (κ2) is 3.58. The van der Waals surface area contributed by atoms with Crippen LogP contribution in [0.2, 0.25) is 0 Å². The number of nitrogens with zero attached hydrogens (tertiary/aromatic N) is 1. The third kappa shape index (κ3) is 1.64. The van der Waals surface area contributed by atoms with Crippen molar-refractivity contribution in [1.29, 1.82) is 0 Å². The summed E-state index contributed by atoms with van der Waals surface area (Å²) >= 11 is 0. The largest absolute Gasteiger partial charge is 0.256 e. The van der Waals surface area contributed by atoms with E-state index < -0.39 is 0 Å². The van der Waals surface area contributed by atoms with Crippen molar-refractivity contribution >= 4 is 0 Å².